The van der Waals surface area contributed by atoms with Crippen LogP contribution in [0.1, 0.15) is 24.5 Å². The van der Waals surface area contributed by atoms with E-state index in [1.54, 1.807) is 12.1 Å². The van der Waals surface area contributed by atoms with Crippen LogP contribution in [0.15, 0.2) is 48.5 Å². The number of benzene rings is 2. The molecule has 2 rings (SSSR count). The van der Waals surface area contributed by atoms with Gasteiger partial charge in [0.1, 0.15) is 18.5 Å². The molecule has 25 heavy (non-hydrogen) atoms. The van der Waals surface area contributed by atoms with Crippen molar-refractivity contribution in [1.82, 2.24) is 4.90 Å². The molecule has 2 aromatic rings. The van der Waals surface area contributed by atoms with Gasteiger partial charge in [-0.05, 0) is 42.8 Å². The molecule has 2 aromatic carbocycles. The zero-order valence-corrected chi connectivity index (χ0v) is 15.1. The number of ether oxygens (including phenoxy) is 1. The summed E-state index contributed by atoms with van der Waals surface area (Å²) in [5, 5.41) is 19.7. The summed E-state index contributed by atoms with van der Waals surface area (Å²) in [4.78, 5) is 2.18. The van der Waals surface area contributed by atoms with Gasteiger partial charge in [0.05, 0.1) is 16.7 Å². The monoisotopic (exact) mass is 358 g/mol. The summed E-state index contributed by atoms with van der Waals surface area (Å²) in [6.45, 7) is 4.42. The maximum Gasteiger partial charge on any atom is 0.138 e. The highest BCUT2D eigenvalue weighted by atomic mass is 35.5. The summed E-state index contributed by atoms with van der Waals surface area (Å²) in [5.41, 5.74) is 1.77. The second kappa shape index (κ2) is 10.0. The molecule has 0 spiro atoms. The molecule has 0 aliphatic carbocycles. The van der Waals surface area contributed by atoms with Crippen LogP contribution in [0.25, 0.3) is 0 Å². The first kappa shape index (κ1) is 19.3. The van der Waals surface area contributed by atoms with E-state index in [0.717, 1.165) is 25.1 Å². The summed E-state index contributed by atoms with van der Waals surface area (Å²) in [7, 11) is 0. The Morgan fingerprint density at radius 1 is 1.20 bits per heavy atom. The van der Waals surface area contributed by atoms with Crippen LogP contribution >= 0.6 is 11.6 Å². The molecule has 0 bridgehead atoms. The van der Waals surface area contributed by atoms with Crippen LogP contribution in [0.4, 0.5) is 0 Å². The van der Waals surface area contributed by atoms with Gasteiger partial charge >= 0.3 is 0 Å². The van der Waals surface area contributed by atoms with E-state index in [-0.39, 0.29) is 6.61 Å². The second-order valence-corrected chi connectivity index (χ2v) is 6.35. The fourth-order valence-corrected chi connectivity index (χ4v) is 2.78. The lowest BCUT2D eigenvalue weighted by Gasteiger charge is -2.25. The van der Waals surface area contributed by atoms with Crippen LogP contribution < -0.4 is 4.74 Å². The molecule has 0 radical (unpaired) electrons. The standard InChI is InChI=1S/C20H23ClN2O2/c1-2-11-23(13-17-9-7-16(12-22)8-10-17)14-18(24)15-25-20-6-4-3-5-19(20)21/h3-10,18,24H,2,11,13-15H2,1H3. The van der Waals surface area contributed by atoms with Crippen LogP contribution in [0.2, 0.25) is 5.02 Å². The van der Waals surface area contributed by atoms with Gasteiger partial charge in [0, 0.05) is 13.1 Å². The number of nitriles is 1. The fraction of sp³-hybridized carbons (Fsp3) is 0.350. The molecule has 132 valence electrons. The zero-order chi connectivity index (χ0) is 18.1. The van der Waals surface area contributed by atoms with Crippen LogP contribution in [-0.2, 0) is 6.54 Å². The van der Waals surface area contributed by atoms with E-state index >= 15 is 0 Å². The lowest BCUT2D eigenvalue weighted by Crippen LogP contribution is -2.35. The lowest BCUT2D eigenvalue weighted by molar-refractivity contribution is 0.0656. The van der Waals surface area contributed by atoms with Crippen molar-refractivity contribution in [2.75, 3.05) is 19.7 Å². The normalized spacial score (nSPS) is 12.0. The Bertz CT molecular complexity index is 698. The first-order chi connectivity index (χ1) is 12.1. The summed E-state index contributed by atoms with van der Waals surface area (Å²) >= 11 is 6.06. The third kappa shape index (κ3) is 6.39. The van der Waals surface area contributed by atoms with E-state index in [0.29, 0.717) is 22.9 Å². The van der Waals surface area contributed by atoms with Crippen molar-refractivity contribution in [2.24, 2.45) is 0 Å². The van der Waals surface area contributed by atoms with Gasteiger partial charge in [-0.1, -0.05) is 42.8 Å². The Labute approximate surface area is 154 Å². The Kier molecular flexibility index (Phi) is 7.75. The van der Waals surface area contributed by atoms with Crippen molar-refractivity contribution < 1.29 is 9.84 Å². The fourth-order valence-electron chi connectivity index (χ4n) is 2.59. The second-order valence-electron chi connectivity index (χ2n) is 5.94. The number of hydrogen-bond acceptors (Lipinski definition) is 4. The smallest absolute Gasteiger partial charge is 0.138 e. The average molecular weight is 359 g/mol. The molecular weight excluding hydrogens is 336 g/mol. The summed E-state index contributed by atoms with van der Waals surface area (Å²) < 4.78 is 5.61. The van der Waals surface area contributed by atoms with E-state index in [1.807, 2.05) is 36.4 Å². The molecule has 0 heterocycles. The van der Waals surface area contributed by atoms with Crippen molar-refractivity contribution in [3.63, 3.8) is 0 Å². The maximum atomic E-state index is 10.3. The first-order valence-electron chi connectivity index (χ1n) is 8.39. The SMILES string of the molecule is CCCN(Cc1ccc(C#N)cc1)CC(O)COc1ccccc1Cl. The van der Waals surface area contributed by atoms with Crippen molar-refractivity contribution in [3.8, 4) is 11.8 Å². The first-order valence-corrected chi connectivity index (χ1v) is 8.77. The quantitative estimate of drug-likeness (QED) is 0.739. The Morgan fingerprint density at radius 2 is 1.92 bits per heavy atom. The Morgan fingerprint density at radius 3 is 2.56 bits per heavy atom. The van der Waals surface area contributed by atoms with Crippen molar-refractivity contribution in [3.05, 3.63) is 64.7 Å². The molecule has 0 aliphatic heterocycles. The third-order valence-electron chi connectivity index (χ3n) is 3.77. The van der Waals surface area contributed by atoms with E-state index in [4.69, 9.17) is 21.6 Å². The van der Waals surface area contributed by atoms with E-state index < -0.39 is 6.10 Å². The van der Waals surface area contributed by atoms with E-state index in [1.165, 1.54) is 0 Å². The minimum atomic E-state index is -0.610. The topological polar surface area (TPSA) is 56.5 Å². The van der Waals surface area contributed by atoms with E-state index in [9.17, 15) is 5.11 Å². The molecule has 4 nitrogen and oxygen atoms in total. The average Bonchev–Trinajstić information content (AvgIpc) is 2.62. The summed E-state index contributed by atoms with van der Waals surface area (Å²) in [6, 6.07) is 16.9. The van der Waals surface area contributed by atoms with Crippen LogP contribution in [-0.4, -0.2) is 35.8 Å². The van der Waals surface area contributed by atoms with Gasteiger partial charge < -0.3 is 9.84 Å². The largest absolute Gasteiger partial charge is 0.489 e. The van der Waals surface area contributed by atoms with Crippen LogP contribution in [0.3, 0.4) is 0 Å². The minimum absolute atomic E-state index is 0.192. The van der Waals surface area contributed by atoms with E-state index in [2.05, 4.69) is 17.9 Å². The number of nitrogens with zero attached hydrogens (tertiary/aromatic N) is 2. The number of aliphatic hydroxyl groups is 1. The lowest BCUT2D eigenvalue weighted by atomic mass is 10.1. The molecule has 1 N–H and O–H groups in total. The summed E-state index contributed by atoms with van der Waals surface area (Å²) in [6.07, 6.45) is 0.384. The van der Waals surface area contributed by atoms with Gasteiger partial charge in [-0.15, -0.1) is 0 Å². The number of hydrogen-bond donors (Lipinski definition) is 1. The molecule has 0 aromatic heterocycles. The Balaban J connectivity index is 1.88. The number of halogens is 1. The Hall–Kier alpha value is -2.06. The third-order valence-corrected chi connectivity index (χ3v) is 4.08. The molecule has 0 fully saturated rings. The summed E-state index contributed by atoms with van der Waals surface area (Å²) in [5.74, 6) is 0.581. The minimum Gasteiger partial charge on any atom is -0.489 e. The van der Waals surface area contributed by atoms with Crippen molar-refractivity contribution >= 4 is 11.6 Å². The number of rotatable bonds is 9. The highest BCUT2D eigenvalue weighted by Crippen LogP contribution is 2.23. The van der Waals surface area contributed by atoms with Crippen molar-refractivity contribution in [2.45, 2.75) is 26.0 Å². The van der Waals surface area contributed by atoms with Gasteiger partial charge in [0.15, 0.2) is 0 Å². The highest BCUT2D eigenvalue weighted by Gasteiger charge is 2.13. The molecule has 0 amide bonds. The molecule has 0 aliphatic rings. The number of aliphatic hydroxyl groups excluding tert-OH is 1. The maximum absolute atomic E-state index is 10.3. The number of para-hydroxylation sites is 1. The molecule has 1 unspecified atom stereocenters. The van der Waals surface area contributed by atoms with Gasteiger partial charge in [-0.25, -0.2) is 0 Å². The van der Waals surface area contributed by atoms with Gasteiger partial charge in [-0.2, -0.15) is 5.26 Å². The molecule has 0 saturated carbocycles. The molecule has 1 atom stereocenters. The predicted molar refractivity (Wildman–Crippen MR) is 99.7 cm³/mol. The molecule has 0 saturated heterocycles. The van der Waals surface area contributed by atoms with Crippen molar-refractivity contribution in [1.29, 1.82) is 5.26 Å². The van der Waals surface area contributed by atoms with Gasteiger partial charge in [-0.3, -0.25) is 4.90 Å². The van der Waals surface area contributed by atoms with Crippen LogP contribution in [0, 0.1) is 11.3 Å². The molecular formula is C20H23ClN2O2. The van der Waals surface area contributed by atoms with Gasteiger partial charge in [0.2, 0.25) is 0 Å². The molecule has 5 heteroatoms. The predicted octanol–water partition coefficient (Wildman–Crippen LogP) is 3.86. The zero-order valence-electron chi connectivity index (χ0n) is 14.4. The van der Waals surface area contributed by atoms with Gasteiger partial charge in [0.25, 0.3) is 0 Å². The highest BCUT2D eigenvalue weighted by molar-refractivity contribution is 6.32. The van der Waals surface area contributed by atoms with Crippen LogP contribution in [0.5, 0.6) is 5.75 Å².